The van der Waals surface area contributed by atoms with Gasteiger partial charge in [-0.3, -0.25) is 4.55 Å². The molecule has 5 nitrogen and oxygen atoms in total. The van der Waals surface area contributed by atoms with Crippen LogP contribution in [0.15, 0.2) is 47.4 Å². The van der Waals surface area contributed by atoms with Crippen LogP contribution in [0.25, 0.3) is 0 Å². The molecular formula is C19H23KO5S. The molecule has 26 heavy (non-hydrogen) atoms. The number of rotatable bonds is 9. The monoisotopic (exact) mass is 402 g/mol. The van der Waals surface area contributed by atoms with Gasteiger partial charge in [0, 0.05) is 0 Å². The van der Waals surface area contributed by atoms with Gasteiger partial charge in [0.1, 0.15) is 16.4 Å². The molecule has 0 saturated heterocycles. The van der Waals surface area contributed by atoms with Crippen LogP contribution in [-0.4, -0.2) is 13.0 Å². The zero-order valence-corrected chi connectivity index (χ0v) is 19.2. The van der Waals surface area contributed by atoms with Crippen molar-refractivity contribution in [2.24, 2.45) is 0 Å². The van der Waals surface area contributed by atoms with E-state index in [0.717, 1.165) is 38.2 Å². The number of unbranched alkanes of at least 4 members (excludes halogenated alkanes) is 4. The Bertz CT molecular complexity index is 791. The summed E-state index contributed by atoms with van der Waals surface area (Å²) in [6.07, 6.45) is 5.63. The van der Waals surface area contributed by atoms with Crippen LogP contribution in [-0.2, 0) is 16.5 Å². The van der Waals surface area contributed by atoms with E-state index in [4.69, 9.17) is 4.74 Å². The Morgan fingerprint density at radius 1 is 1.04 bits per heavy atom. The molecule has 0 heterocycles. The summed E-state index contributed by atoms with van der Waals surface area (Å²) >= 11 is 0. The maximum absolute atomic E-state index is 12.3. The smallest absolute Gasteiger partial charge is 0.872 e. The Balaban J connectivity index is 0.00000338. The van der Waals surface area contributed by atoms with Gasteiger partial charge in [-0.25, -0.2) is 0 Å². The van der Waals surface area contributed by atoms with Crippen LogP contribution in [0.4, 0.5) is 0 Å². The molecule has 0 aromatic heterocycles. The van der Waals surface area contributed by atoms with E-state index in [1.165, 1.54) is 6.07 Å². The molecular weight excluding hydrogens is 379 g/mol. The van der Waals surface area contributed by atoms with Crippen molar-refractivity contribution < 1.29 is 74.2 Å². The molecule has 0 bridgehead atoms. The first-order valence-electron chi connectivity index (χ1n) is 8.46. The number of benzene rings is 2. The van der Waals surface area contributed by atoms with Gasteiger partial charge in [-0.2, -0.15) is 8.42 Å². The molecule has 0 aliphatic carbocycles. The van der Waals surface area contributed by atoms with Crippen molar-refractivity contribution in [2.75, 3.05) is 0 Å². The second-order valence-electron chi connectivity index (χ2n) is 5.96. The molecule has 0 amide bonds. The summed E-state index contributed by atoms with van der Waals surface area (Å²) in [5, 5.41) is 12.3. The number of ether oxygens (including phenoxy) is 1. The van der Waals surface area contributed by atoms with Crippen molar-refractivity contribution in [2.45, 2.75) is 50.3 Å². The first-order valence-corrected chi connectivity index (χ1v) is 9.90. The van der Waals surface area contributed by atoms with Crippen LogP contribution in [0.3, 0.4) is 0 Å². The molecule has 0 atom stereocenters. The molecule has 0 aliphatic rings. The van der Waals surface area contributed by atoms with Gasteiger partial charge in [0.25, 0.3) is 10.1 Å². The summed E-state index contributed by atoms with van der Waals surface area (Å²) in [5.74, 6) is -0.0543. The summed E-state index contributed by atoms with van der Waals surface area (Å²) in [4.78, 5) is -0.375. The second kappa shape index (κ2) is 11.4. The fourth-order valence-corrected chi connectivity index (χ4v) is 3.24. The largest absolute Gasteiger partial charge is 1.00 e. The van der Waals surface area contributed by atoms with Gasteiger partial charge in [0.05, 0.1) is 0 Å². The molecule has 2 aromatic rings. The van der Waals surface area contributed by atoms with E-state index < -0.39 is 10.1 Å². The minimum Gasteiger partial charge on any atom is -0.872 e. The Hall–Kier alpha value is -0.414. The quantitative estimate of drug-likeness (QED) is 0.388. The minimum atomic E-state index is -4.50. The fourth-order valence-electron chi connectivity index (χ4n) is 2.59. The molecule has 7 heteroatoms. The molecule has 0 unspecified atom stereocenters. The zero-order valence-electron chi connectivity index (χ0n) is 15.3. The third-order valence-electron chi connectivity index (χ3n) is 3.93. The van der Waals surface area contributed by atoms with Crippen LogP contribution >= 0.6 is 0 Å². The molecule has 0 saturated carbocycles. The van der Waals surface area contributed by atoms with Gasteiger partial charge in [0.15, 0.2) is 0 Å². The average Bonchev–Trinajstić information content (AvgIpc) is 2.56. The summed E-state index contributed by atoms with van der Waals surface area (Å²) in [6.45, 7) is 2.12. The van der Waals surface area contributed by atoms with Crippen LogP contribution in [0.2, 0.25) is 0 Å². The van der Waals surface area contributed by atoms with Gasteiger partial charge in [-0.05, 0) is 37.1 Å². The summed E-state index contributed by atoms with van der Waals surface area (Å²) < 4.78 is 38.4. The van der Waals surface area contributed by atoms with Crippen molar-refractivity contribution in [3.05, 3.63) is 48.0 Å². The van der Waals surface area contributed by atoms with E-state index in [1.807, 2.05) is 0 Å². The Labute approximate surface area is 198 Å². The van der Waals surface area contributed by atoms with Gasteiger partial charge in [0.2, 0.25) is 0 Å². The number of aryl methyl sites for hydroxylation is 1. The van der Waals surface area contributed by atoms with E-state index in [2.05, 4.69) is 6.92 Å². The van der Waals surface area contributed by atoms with Gasteiger partial charge >= 0.3 is 51.4 Å². The second-order valence-corrected chi connectivity index (χ2v) is 7.35. The first kappa shape index (κ1) is 23.6. The number of hydrogen-bond acceptors (Lipinski definition) is 4. The maximum atomic E-state index is 12.3. The minimum absolute atomic E-state index is 0. The van der Waals surface area contributed by atoms with E-state index in [9.17, 15) is 18.1 Å². The predicted molar refractivity (Wildman–Crippen MR) is 94.7 cm³/mol. The van der Waals surface area contributed by atoms with Crippen LogP contribution in [0, 0.1) is 0 Å². The summed E-state index contributed by atoms with van der Waals surface area (Å²) in [7, 11) is -4.50. The molecule has 1 N–H and O–H groups in total. The van der Waals surface area contributed by atoms with Crippen LogP contribution in [0.1, 0.15) is 44.6 Å². The third-order valence-corrected chi connectivity index (χ3v) is 4.80. The standard InChI is InChI=1S/C19H24O5S.K/c1-2-3-4-5-7-10-15-13-19(25(21,22)23)18(14-17(15)20)24-16-11-8-6-9-12-16;/h6,8-9,11-14,20H,2-5,7,10H2,1H3,(H,21,22,23);/q;+1/p-1. The van der Waals surface area contributed by atoms with Crippen LogP contribution < -0.4 is 61.2 Å². The van der Waals surface area contributed by atoms with E-state index in [-0.39, 0.29) is 67.8 Å². The van der Waals surface area contributed by atoms with Crippen LogP contribution in [0.5, 0.6) is 17.2 Å². The predicted octanol–water partition coefficient (Wildman–Crippen LogP) is 1.32. The Morgan fingerprint density at radius 2 is 1.69 bits per heavy atom. The third kappa shape index (κ3) is 7.30. The van der Waals surface area contributed by atoms with Gasteiger partial charge in [-0.15, -0.1) is 5.75 Å². The van der Waals surface area contributed by atoms with Gasteiger partial charge in [-0.1, -0.05) is 56.4 Å². The SMILES string of the molecule is CCCCCCCc1cc(S(=O)(=O)O)c(Oc2ccccc2)cc1[O-].[K+]. The van der Waals surface area contributed by atoms with E-state index >= 15 is 0 Å². The topological polar surface area (TPSA) is 86.7 Å². The van der Waals surface area contributed by atoms with Crippen molar-refractivity contribution >= 4 is 10.1 Å². The zero-order chi connectivity index (χ0) is 18.3. The summed E-state index contributed by atoms with van der Waals surface area (Å²) in [6, 6.07) is 10.9. The van der Waals surface area contributed by atoms with Crippen molar-refractivity contribution in [1.29, 1.82) is 0 Å². The average molecular weight is 403 g/mol. The normalized spacial score (nSPS) is 11.0. The Kier molecular flexibility index (Phi) is 10.4. The molecule has 2 rings (SSSR count). The molecule has 0 spiro atoms. The number of hydrogen-bond donors (Lipinski definition) is 1. The molecule has 136 valence electrons. The van der Waals surface area contributed by atoms with Crippen molar-refractivity contribution in [3.8, 4) is 17.2 Å². The fraction of sp³-hybridized carbons (Fsp3) is 0.368. The Morgan fingerprint density at radius 3 is 2.31 bits per heavy atom. The molecule has 0 radical (unpaired) electrons. The number of para-hydroxylation sites is 1. The van der Waals surface area contributed by atoms with E-state index in [0.29, 0.717) is 17.7 Å². The maximum Gasteiger partial charge on any atom is 1.00 e. The molecule has 2 aromatic carbocycles. The molecule has 0 fully saturated rings. The van der Waals surface area contributed by atoms with Crippen molar-refractivity contribution in [1.82, 2.24) is 0 Å². The van der Waals surface area contributed by atoms with E-state index in [1.54, 1.807) is 30.3 Å². The van der Waals surface area contributed by atoms with Gasteiger partial charge < -0.3 is 9.84 Å². The van der Waals surface area contributed by atoms with Crippen molar-refractivity contribution in [3.63, 3.8) is 0 Å². The molecule has 0 aliphatic heterocycles. The first-order chi connectivity index (χ1) is 11.9. The summed E-state index contributed by atoms with van der Waals surface area (Å²) in [5.41, 5.74) is 0.379.